The van der Waals surface area contributed by atoms with E-state index in [2.05, 4.69) is 15.5 Å². The molecule has 1 N–H and O–H groups in total. The Hall–Kier alpha value is -3.19. The standard InChI is InChI=1S/C22H25N3O4/c1-15(2)28-14-6-13-23-21(26)18-7-4-5-8-19(18)22-24-20(25-29-22)16-9-11-17(27-3)12-10-16/h4-5,7-12,15H,6,13-14H2,1-3H3,(H,23,26). The number of amides is 1. The molecule has 0 aliphatic heterocycles. The van der Waals surface area contributed by atoms with E-state index >= 15 is 0 Å². The topological polar surface area (TPSA) is 86.5 Å². The van der Waals surface area contributed by atoms with Gasteiger partial charge in [-0.15, -0.1) is 0 Å². The van der Waals surface area contributed by atoms with Gasteiger partial charge in [0.1, 0.15) is 5.75 Å². The highest BCUT2D eigenvalue weighted by molar-refractivity contribution is 6.00. The zero-order chi connectivity index (χ0) is 20.6. The highest BCUT2D eigenvalue weighted by Crippen LogP contribution is 2.26. The van der Waals surface area contributed by atoms with Gasteiger partial charge in [-0.3, -0.25) is 4.79 Å². The van der Waals surface area contributed by atoms with Crippen molar-refractivity contribution in [3.8, 4) is 28.6 Å². The van der Waals surface area contributed by atoms with Gasteiger partial charge in [0.15, 0.2) is 0 Å². The summed E-state index contributed by atoms with van der Waals surface area (Å²) in [7, 11) is 1.61. The van der Waals surface area contributed by atoms with Gasteiger partial charge in [0, 0.05) is 18.7 Å². The van der Waals surface area contributed by atoms with Crippen LogP contribution in [-0.2, 0) is 4.74 Å². The molecule has 0 saturated carbocycles. The SMILES string of the molecule is COc1ccc(-c2noc(-c3ccccc3C(=O)NCCCOC(C)C)n2)cc1. The van der Waals surface area contributed by atoms with Gasteiger partial charge in [0.2, 0.25) is 5.82 Å². The first kappa shape index (κ1) is 20.5. The molecule has 1 heterocycles. The van der Waals surface area contributed by atoms with Crippen LogP contribution in [-0.4, -0.2) is 42.4 Å². The van der Waals surface area contributed by atoms with Crippen LogP contribution in [0.1, 0.15) is 30.6 Å². The van der Waals surface area contributed by atoms with Crippen molar-refractivity contribution in [1.82, 2.24) is 15.5 Å². The molecule has 0 saturated heterocycles. The summed E-state index contributed by atoms with van der Waals surface area (Å²) in [6.07, 6.45) is 0.928. The molecule has 0 fully saturated rings. The van der Waals surface area contributed by atoms with E-state index in [0.717, 1.165) is 17.7 Å². The average molecular weight is 395 g/mol. The van der Waals surface area contributed by atoms with Crippen LogP contribution >= 0.6 is 0 Å². The molecule has 7 nitrogen and oxygen atoms in total. The molecule has 3 rings (SSSR count). The minimum absolute atomic E-state index is 0.184. The van der Waals surface area contributed by atoms with Gasteiger partial charge in [0.25, 0.3) is 11.8 Å². The van der Waals surface area contributed by atoms with Crippen molar-refractivity contribution in [2.24, 2.45) is 0 Å². The Morgan fingerprint density at radius 1 is 1.14 bits per heavy atom. The van der Waals surface area contributed by atoms with E-state index in [4.69, 9.17) is 14.0 Å². The summed E-state index contributed by atoms with van der Waals surface area (Å²) in [5, 5.41) is 6.96. The van der Waals surface area contributed by atoms with Crippen LogP contribution in [0.25, 0.3) is 22.8 Å². The molecule has 0 atom stereocenters. The minimum atomic E-state index is -0.186. The Morgan fingerprint density at radius 2 is 1.90 bits per heavy atom. The molecule has 0 unspecified atom stereocenters. The monoisotopic (exact) mass is 395 g/mol. The molecular formula is C22H25N3O4. The highest BCUT2D eigenvalue weighted by Gasteiger charge is 2.18. The lowest BCUT2D eigenvalue weighted by Gasteiger charge is -2.09. The second kappa shape index (κ2) is 9.84. The third-order valence-corrected chi connectivity index (χ3v) is 4.23. The van der Waals surface area contributed by atoms with Crippen LogP contribution in [0, 0.1) is 0 Å². The van der Waals surface area contributed by atoms with Crippen molar-refractivity contribution in [1.29, 1.82) is 0 Å². The third-order valence-electron chi connectivity index (χ3n) is 4.23. The van der Waals surface area contributed by atoms with Gasteiger partial charge in [-0.2, -0.15) is 4.98 Å². The largest absolute Gasteiger partial charge is 0.497 e. The maximum Gasteiger partial charge on any atom is 0.259 e. The van der Waals surface area contributed by atoms with Gasteiger partial charge in [-0.25, -0.2) is 0 Å². The first-order valence-corrected chi connectivity index (χ1v) is 9.56. The summed E-state index contributed by atoms with van der Waals surface area (Å²) >= 11 is 0. The number of ether oxygens (including phenoxy) is 2. The van der Waals surface area contributed by atoms with Crippen molar-refractivity contribution in [3.05, 3.63) is 54.1 Å². The van der Waals surface area contributed by atoms with Gasteiger partial charge in [-0.1, -0.05) is 17.3 Å². The molecule has 1 aromatic heterocycles. The Labute approximate surface area is 170 Å². The van der Waals surface area contributed by atoms with E-state index in [1.807, 2.05) is 44.2 Å². The van der Waals surface area contributed by atoms with Crippen molar-refractivity contribution >= 4 is 5.91 Å². The second-order valence-corrected chi connectivity index (χ2v) is 6.73. The normalized spacial score (nSPS) is 10.9. The number of nitrogens with one attached hydrogen (secondary N) is 1. The lowest BCUT2D eigenvalue weighted by atomic mass is 10.1. The summed E-state index contributed by atoms with van der Waals surface area (Å²) in [6, 6.07) is 14.5. The van der Waals surface area contributed by atoms with E-state index in [1.54, 1.807) is 25.3 Å². The number of carbonyl (C=O) groups excluding carboxylic acids is 1. The van der Waals surface area contributed by atoms with Gasteiger partial charge >= 0.3 is 0 Å². The number of rotatable bonds is 9. The summed E-state index contributed by atoms with van der Waals surface area (Å²) < 4.78 is 16.1. The molecule has 2 aromatic carbocycles. The van der Waals surface area contributed by atoms with E-state index in [9.17, 15) is 4.79 Å². The number of carbonyl (C=O) groups is 1. The molecule has 0 spiro atoms. The zero-order valence-corrected chi connectivity index (χ0v) is 16.8. The molecular weight excluding hydrogens is 370 g/mol. The van der Waals surface area contributed by atoms with Crippen molar-refractivity contribution < 1.29 is 18.8 Å². The fourth-order valence-corrected chi connectivity index (χ4v) is 2.75. The van der Waals surface area contributed by atoms with E-state index in [1.165, 1.54) is 0 Å². The first-order chi connectivity index (χ1) is 14.1. The Balaban J connectivity index is 1.71. The Bertz CT molecular complexity index is 935. The Morgan fingerprint density at radius 3 is 2.62 bits per heavy atom. The van der Waals surface area contributed by atoms with Gasteiger partial charge in [-0.05, 0) is 56.7 Å². The van der Waals surface area contributed by atoms with Crippen LogP contribution in [0.5, 0.6) is 5.75 Å². The number of benzene rings is 2. The first-order valence-electron chi connectivity index (χ1n) is 9.56. The molecule has 152 valence electrons. The number of aromatic nitrogens is 2. The summed E-state index contributed by atoms with van der Waals surface area (Å²) in [5.41, 5.74) is 1.88. The molecule has 7 heteroatoms. The quantitative estimate of drug-likeness (QED) is 0.552. The molecule has 29 heavy (non-hydrogen) atoms. The minimum Gasteiger partial charge on any atom is -0.497 e. The fraction of sp³-hybridized carbons (Fsp3) is 0.318. The molecule has 0 aliphatic carbocycles. The average Bonchev–Trinajstić information content (AvgIpc) is 3.23. The van der Waals surface area contributed by atoms with Crippen molar-refractivity contribution in [2.45, 2.75) is 26.4 Å². The van der Waals surface area contributed by atoms with Gasteiger partial charge < -0.3 is 19.3 Å². The number of hydrogen-bond donors (Lipinski definition) is 1. The summed E-state index contributed by atoms with van der Waals surface area (Å²) in [6.45, 7) is 5.11. The van der Waals surface area contributed by atoms with E-state index in [-0.39, 0.29) is 12.0 Å². The van der Waals surface area contributed by atoms with Crippen molar-refractivity contribution in [2.75, 3.05) is 20.3 Å². The predicted molar refractivity (Wildman–Crippen MR) is 110 cm³/mol. The number of hydrogen-bond acceptors (Lipinski definition) is 6. The zero-order valence-electron chi connectivity index (χ0n) is 16.8. The predicted octanol–water partition coefficient (Wildman–Crippen LogP) is 3.96. The smallest absolute Gasteiger partial charge is 0.259 e. The molecule has 1 amide bonds. The molecule has 0 radical (unpaired) electrons. The van der Waals surface area contributed by atoms with Crippen LogP contribution < -0.4 is 10.1 Å². The Kier molecular flexibility index (Phi) is 6.97. The summed E-state index contributed by atoms with van der Waals surface area (Å²) in [4.78, 5) is 17.1. The van der Waals surface area contributed by atoms with E-state index < -0.39 is 0 Å². The molecule has 0 bridgehead atoms. The second-order valence-electron chi connectivity index (χ2n) is 6.73. The van der Waals surface area contributed by atoms with Crippen LogP contribution in [0.4, 0.5) is 0 Å². The maximum absolute atomic E-state index is 12.6. The molecule has 0 aliphatic rings. The number of methoxy groups -OCH3 is 1. The van der Waals surface area contributed by atoms with Crippen LogP contribution in [0.2, 0.25) is 0 Å². The third kappa shape index (κ3) is 5.42. The lowest BCUT2D eigenvalue weighted by Crippen LogP contribution is -2.26. The van der Waals surface area contributed by atoms with E-state index in [0.29, 0.717) is 36.0 Å². The fourth-order valence-electron chi connectivity index (χ4n) is 2.75. The maximum atomic E-state index is 12.6. The van der Waals surface area contributed by atoms with Crippen molar-refractivity contribution in [3.63, 3.8) is 0 Å². The van der Waals surface area contributed by atoms with Gasteiger partial charge in [0.05, 0.1) is 24.3 Å². The summed E-state index contributed by atoms with van der Waals surface area (Å²) in [5.74, 6) is 1.31. The van der Waals surface area contributed by atoms with Crippen LogP contribution in [0.3, 0.4) is 0 Å². The highest BCUT2D eigenvalue weighted by atomic mass is 16.5. The number of nitrogens with zero attached hydrogens (tertiary/aromatic N) is 2. The molecule has 3 aromatic rings. The van der Waals surface area contributed by atoms with Crippen LogP contribution in [0.15, 0.2) is 53.1 Å². The lowest BCUT2D eigenvalue weighted by molar-refractivity contribution is 0.0757.